The van der Waals surface area contributed by atoms with Crippen LogP contribution in [0, 0.1) is 0 Å². The highest BCUT2D eigenvalue weighted by Gasteiger charge is 2.33. The number of ether oxygens (including phenoxy) is 1. The topological polar surface area (TPSA) is 12.5 Å². The van der Waals surface area contributed by atoms with E-state index in [-0.39, 0.29) is 12.3 Å². The maximum Gasteiger partial charge on any atom is 0.157 e. The molecule has 2 atom stereocenters. The molecule has 0 aliphatic carbocycles. The third kappa shape index (κ3) is 2.60. The molecule has 2 aromatic carbocycles. The Morgan fingerprint density at radius 2 is 1.63 bits per heavy atom. The Bertz CT molecular complexity index is 469. The number of alkyl halides is 1. The summed E-state index contributed by atoms with van der Waals surface area (Å²) < 4.78 is 6.06. The number of benzene rings is 2. The SMILES string of the molecule is ClC[C@H]1CN(c2ccccc2)[C@@H](c2ccccc2)O1. The fourth-order valence-electron chi connectivity index (χ4n) is 2.44. The molecular formula is C16H16ClNO. The number of para-hydroxylation sites is 1. The van der Waals surface area contributed by atoms with Gasteiger partial charge in [0.25, 0.3) is 0 Å². The first kappa shape index (κ1) is 12.5. The summed E-state index contributed by atoms with van der Waals surface area (Å²) in [6.07, 6.45) is 0.0272. The van der Waals surface area contributed by atoms with Crippen molar-refractivity contribution >= 4 is 17.3 Å². The van der Waals surface area contributed by atoms with Crippen LogP contribution in [0.3, 0.4) is 0 Å². The van der Waals surface area contributed by atoms with E-state index < -0.39 is 0 Å². The third-order valence-electron chi connectivity index (χ3n) is 3.35. The predicted molar refractivity (Wildman–Crippen MR) is 78.6 cm³/mol. The van der Waals surface area contributed by atoms with Gasteiger partial charge < -0.3 is 9.64 Å². The van der Waals surface area contributed by atoms with Gasteiger partial charge in [-0.05, 0) is 12.1 Å². The number of halogens is 1. The van der Waals surface area contributed by atoms with Crippen LogP contribution in [0.15, 0.2) is 60.7 Å². The number of hydrogen-bond donors (Lipinski definition) is 0. The van der Waals surface area contributed by atoms with Crippen molar-refractivity contribution in [3.8, 4) is 0 Å². The lowest BCUT2D eigenvalue weighted by atomic mass is 10.1. The molecule has 19 heavy (non-hydrogen) atoms. The zero-order valence-corrected chi connectivity index (χ0v) is 11.3. The molecule has 3 heteroatoms. The van der Waals surface area contributed by atoms with E-state index in [4.69, 9.17) is 16.3 Å². The first-order valence-electron chi connectivity index (χ1n) is 6.46. The van der Waals surface area contributed by atoms with Crippen molar-refractivity contribution in [2.75, 3.05) is 17.3 Å². The van der Waals surface area contributed by atoms with E-state index in [1.54, 1.807) is 0 Å². The molecule has 0 bridgehead atoms. The van der Waals surface area contributed by atoms with Crippen molar-refractivity contribution in [1.29, 1.82) is 0 Å². The molecule has 0 spiro atoms. The minimum atomic E-state index is -0.0488. The lowest BCUT2D eigenvalue weighted by Gasteiger charge is -2.25. The van der Waals surface area contributed by atoms with E-state index in [1.807, 2.05) is 36.4 Å². The second-order valence-corrected chi connectivity index (χ2v) is 4.97. The van der Waals surface area contributed by atoms with Crippen molar-refractivity contribution in [2.45, 2.75) is 12.3 Å². The van der Waals surface area contributed by atoms with Gasteiger partial charge in [0.1, 0.15) is 0 Å². The van der Waals surface area contributed by atoms with E-state index in [9.17, 15) is 0 Å². The van der Waals surface area contributed by atoms with Gasteiger partial charge in [-0.3, -0.25) is 0 Å². The fraction of sp³-hybridized carbons (Fsp3) is 0.250. The normalized spacial score (nSPS) is 22.7. The quantitative estimate of drug-likeness (QED) is 0.788. The minimum Gasteiger partial charge on any atom is -0.348 e. The largest absolute Gasteiger partial charge is 0.348 e. The van der Waals surface area contributed by atoms with Crippen LogP contribution in [0.1, 0.15) is 11.8 Å². The highest BCUT2D eigenvalue weighted by molar-refractivity contribution is 6.18. The molecule has 0 radical (unpaired) electrons. The first-order chi connectivity index (χ1) is 9.38. The standard InChI is InChI=1S/C16H16ClNO/c17-11-15-12-18(14-9-5-2-6-10-14)16(19-15)13-7-3-1-4-8-13/h1-10,15-16H,11-12H2/t15-,16+/m0/s1. The number of anilines is 1. The zero-order valence-electron chi connectivity index (χ0n) is 10.6. The Balaban J connectivity index is 1.92. The van der Waals surface area contributed by atoms with E-state index in [0.29, 0.717) is 5.88 Å². The van der Waals surface area contributed by atoms with Gasteiger partial charge in [0, 0.05) is 17.8 Å². The Hall–Kier alpha value is -1.51. The van der Waals surface area contributed by atoms with Crippen LogP contribution in [0.4, 0.5) is 5.69 Å². The highest BCUT2D eigenvalue weighted by atomic mass is 35.5. The van der Waals surface area contributed by atoms with Gasteiger partial charge in [-0.15, -0.1) is 11.6 Å². The molecule has 0 unspecified atom stereocenters. The Morgan fingerprint density at radius 3 is 2.26 bits per heavy atom. The second-order valence-electron chi connectivity index (χ2n) is 4.66. The molecule has 0 amide bonds. The summed E-state index contributed by atoms with van der Waals surface area (Å²) in [6, 6.07) is 20.6. The van der Waals surface area contributed by atoms with Gasteiger partial charge in [0.05, 0.1) is 12.0 Å². The van der Waals surface area contributed by atoms with E-state index in [0.717, 1.165) is 6.54 Å². The molecule has 1 heterocycles. The Labute approximate surface area is 118 Å². The molecule has 1 fully saturated rings. The molecule has 1 aliphatic heterocycles. The monoisotopic (exact) mass is 273 g/mol. The van der Waals surface area contributed by atoms with Gasteiger partial charge in [0.15, 0.2) is 6.23 Å². The van der Waals surface area contributed by atoms with E-state index in [2.05, 4.69) is 29.2 Å². The minimum absolute atomic E-state index is 0.0488. The molecule has 0 N–H and O–H groups in total. The average Bonchev–Trinajstić information content (AvgIpc) is 2.93. The second kappa shape index (κ2) is 5.64. The summed E-state index contributed by atoms with van der Waals surface area (Å²) in [7, 11) is 0. The molecule has 0 aromatic heterocycles. The zero-order chi connectivity index (χ0) is 13.1. The Kier molecular flexibility index (Phi) is 3.72. The van der Waals surface area contributed by atoms with Gasteiger partial charge in [0.2, 0.25) is 0 Å². The average molecular weight is 274 g/mol. The molecule has 0 saturated carbocycles. The third-order valence-corrected chi connectivity index (χ3v) is 3.69. The van der Waals surface area contributed by atoms with Crippen LogP contribution in [0.5, 0.6) is 0 Å². The van der Waals surface area contributed by atoms with Gasteiger partial charge in [-0.2, -0.15) is 0 Å². The summed E-state index contributed by atoms with van der Waals surface area (Å²) in [6.45, 7) is 0.826. The van der Waals surface area contributed by atoms with Crippen LogP contribution in [0.25, 0.3) is 0 Å². The van der Waals surface area contributed by atoms with Crippen molar-refractivity contribution < 1.29 is 4.74 Å². The lowest BCUT2D eigenvalue weighted by molar-refractivity contribution is 0.0606. The molecular weight excluding hydrogens is 258 g/mol. The van der Waals surface area contributed by atoms with Gasteiger partial charge in [-0.1, -0.05) is 48.5 Å². The highest BCUT2D eigenvalue weighted by Crippen LogP contribution is 2.34. The fourth-order valence-corrected chi connectivity index (χ4v) is 2.61. The number of rotatable bonds is 3. The van der Waals surface area contributed by atoms with Gasteiger partial charge >= 0.3 is 0 Å². The number of nitrogens with zero attached hydrogens (tertiary/aromatic N) is 1. The van der Waals surface area contributed by atoms with Crippen molar-refractivity contribution in [1.82, 2.24) is 0 Å². The van der Waals surface area contributed by atoms with Crippen molar-refractivity contribution in [3.05, 3.63) is 66.2 Å². The summed E-state index contributed by atoms with van der Waals surface area (Å²) in [4.78, 5) is 2.27. The van der Waals surface area contributed by atoms with Crippen LogP contribution >= 0.6 is 11.6 Å². The maximum absolute atomic E-state index is 6.06. The molecule has 2 aromatic rings. The first-order valence-corrected chi connectivity index (χ1v) is 7.00. The summed E-state index contributed by atoms with van der Waals surface area (Å²) in [5.41, 5.74) is 2.34. The smallest absolute Gasteiger partial charge is 0.157 e. The lowest BCUT2D eigenvalue weighted by Crippen LogP contribution is -2.24. The molecule has 3 rings (SSSR count). The molecule has 98 valence electrons. The van der Waals surface area contributed by atoms with Crippen LogP contribution in [-0.2, 0) is 4.74 Å². The maximum atomic E-state index is 6.06. The van der Waals surface area contributed by atoms with Gasteiger partial charge in [-0.25, -0.2) is 0 Å². The van der Waals surface area contributed by atoms with E-state index in [1.165, 1.54) is 11.3 Å². The summed E-state index contributed by atoms with van der Waals surface area (Å²) in [5.74, 6) is 0.521. The Morgan fingerprint density at radius 1 is 1.00 bits per heavy atom. The van der Waals surface area contributed by atoms with Crippen molar-refractivity contribution in [3.63, 3.8) is 0 Å². The van der Waals surface area contributed by atoms with Crippen molar-refractivity contribution in [2.24, 2.45) is 0 Å². The summed E-state index contributed by atoms with van der Waals surface area (Å²) >= 11 is 5.96. The predicted octanol–water partition coefficient (Wildman–Crippen LogP) is 3.83. The number of hydrogen-bond acceptors (Lipinski definition) is 2. The van der Waals surface area contributed by atoms with Crippen LogP contribution < -0.4 is 4.90 Å². The van der Waals surface area contributed by atoms with E-state index >= 15 is 0 Å². The molecule has 1 saturated heterocycles. The summed E-state index contributed by atoms with van der Waals surface area (Å²) in [5, 5.41) is 0. The van der Waals surface area contributed by atoms with Crippen LogP contribution in [-0.4, -0.2) is 18.5 Å². The molecule has 1 aliphatic rings. The molecule has 2 nitrogen and oxygen atoms in total. The van der Waals surface area contributed by atoms with Crippen LogP contribution in [0.2, 0.25) is 0 Å².